The highest BCUT2D eigenvalue weighted by molar-refractivity contribution is 9.10. The molecule has 20 heavy (non-hydrogen) atoms. The zero-order valence-corrected chi connectivity index (χ0v) is 14.1. The second-order valence-corrected chi connectivity index (χ2v) is 7.52. The molecule has 1 aliphatic rings. The third kappa shape index (κ3) is 5.11. The van der Waals surface area contributed by atoms with Gasteiger partial charge in [0.25, 0.3) is 0 Å². The van der Waals surface area contributed by atoms with Gasteiger partial charge in [0.1, 0.15) is 0 Å². The van der Waals surface area contributed by atoms with Crippen molar-refractivity contribution in [3.05, 3.63) is 28.7 Å². The van der Waals surface area contributed by atoms with Gasteiger partial charge in [-0.05, 0) is 43.2 Å². The van der Waals surface area contributed by atoms with Crippen LogP contribution in [0.1, 0.15) is 26.2 Å². The molecule has 1 aromatic carbocycles. The Kier molecular flexibility index (Phi) is 6.39. The summed E-state index contributed by atoms with van der Waals surface area (Å²) in [6, 6.07) is 8.15. The molecule has 3 nitrogen and oxygen atoms in total. The van der Waals surface area contributed by atoms with Crippen molar-refractivity contribution >= 4 is 39.3 Å². The molecule has 0 saturated heterocycles. The van der Waals surface area contributed by atoms with Gasteiger partial charge in [-0.2, -0.15) is 11.8 Å². The van der Waals surface area contributed by atoms with Crippen LogP contribution in [-0.2, 0) is 4.79 Å². The second kappa shape index (κ2) is 8.05. The average molecular weight is 357 g/mol. The molecule has 0 heterocycles. The number of amides is 1. The zero-order chi connectivity index (χ0) is 14.4. The lowest BCUT2D eigenvalue weighted by Gasteiger charge is -2.13. The first-order chi connectivity index (χ1) is 9.67. The van der Waals surface area contributed by atoms with Gasteiger partial charge >= 0.3 is 0 Å². The van der Waals surface area contributed by atoms with Crippen LogP contribution >= 0.6 is 27.7 Å². The quantitative estimate of drug-likeness (QED) is 0.817. The Balaban J connectivity index is 1.70. The van der Waals surface area contributed by atoms with Crippen molar-refractivity contribution in [3.63, 3.8) is 0 Å². The van der Waals surface area contributed by atoms with E-state index in [0.29, 0.717) is 12.6 Å². The third-order valence-corrected chi connectivity index (χ3v) is 5.17. The molecule has 2 N–H and O–H groups in total. The lowest BCUT2D eigenvalue weighted by atomic mass is 10.2. The van der Waals surface area contributed by atoms with Crippen molar-refractivity contribution < 1.29 is 4.79 Å². The summed E-state index contributed by atoms with van der Waals surface area (Å²) < 4.78 is 0.971. The molecule has 1 saturated carbocycles. The Labute approximate surface area is 133 Å². The second-order valence-electron chi connectivity index (χ2n) is 5.03. The fraction of sp³-hybridized carbons (Fsp3) is 0.533. The van der Waals surface area contributed by atoms with Crippen molar-refractivity contribution in [2.45, 2.75) is 37.5 Å². The standard InChI is InChI=1S/C15H21BrN2OS/c1-2-20-14-7-6-12(9-14)17-10-15(19)18-13-5-3-4-11(16)8-13/h3-5,8,12,14,17H,2,6-7,9-10H2,1H3,(H,18,19). The minimum absolute atomic E-state index is 0.0229. The van der Waals surface area contributed by atoms with Crippen LogP contribution in [0.15, 0.2) is 28.7 Å². The molecule has 0 radical (unpaired) electrons. The van der Waals surface area contributed by atoms with E-state index in [2.05, 4.69) is 33.5 Å². The fourth-order valence-corrected chi connectivity index (χ4v) is 4.06. The minimum atomic E-state index is 0.0229. The molecule has 2 rings (SSSR count). The smallest absolute Gasteiger partial charge is 0.238 e. The summed E-state index contributed by atoms with van der Waals surface area (Å²) in [5.74, 6) is 1.20. The van der Waals surface area contributed by atoms with Gasteiger partial charge in [0.15, 0.2) is 0 Å². The van der Waals surface area contributed by atoms with Crippen molar-refractivity contribution in [2.24, 2.45) is 0 Å². The molecule has 2 unspecified atom stereocenters. The fourth-order valence-electron chi connectivity index (χ4n) is 2.52. The number of anilines is 1. The van der Waals surface area contributed by atoms with E-state index in [-0.39, 0.29) is 5.91 Å². The maximum atomic E-state index is 11.9. The average Bonchev–Trinajstić information content (AvgIpc) is 2.85. The molecule has 1 aliphatic carbocycles. The number of carbonyl (C=O) groups is 1. The van der Waals surface area contributed by atoms with E-state index in [4.69, 9.17) is 0 Å². The van der Waals surface area contributed by atoms with Crippen LogP contribution in [-0.4, -0.2) is 29.5 Å². The van der Waals surface area contributed by atoms with Crippen LogP contribution in [0, 0.1) is 0 Å². The number of nitrogens with one attached hydrogen (secondary N) is 2. The molecular formula is C15H21BrN2OS. The van der Waals surface area contributed by atoms with Gasteiger partial charge in [0.2, 0.25) is 5.91 Å². The number of carbonyl (C=O) groups excluding carboxylic acids is 1. The highest BCUT2D eigenvalue weighted by Crippen LogP contribution is 2.29. The predicted molar refractivity (Wildman–Crippen MR) is 90.3 cm³/mol. The maximum absolute atomic E-state index is 11.9. The summed E-state index contributed by atoms with van der Waals surface area (Å²) in [5.41, 5.74) is 0.831. The van der Waals surface area contributed by atoms with Crippen LogP contribution in [0.2, 0.25) is 0 Å². The predicted octanol–water partition coefficient (Wildman–Crippen LogP) is 3.65. The van der Waals surface area contributed by atoms with E-state index < -0.39 is 0 Å². The molecule has 0 aliphatic heterocycles. The van der Waals surface area contributed by atoms with Crippen LogP contribution in [0.4, 0.5) is 5.69 Å². The Morgan fingerprint density at radius 1 is 1.45 bits per heavy atom. The van der Waals surface area contributed by atoms with Crippen molar-refractivity contribution in [1.82, 2.24) is 5.32 Å². The van der Waals surface area contributed by atoms with Gasteiger partial charge in [-0.25, -0.2) is 0 Å². The van der Waals surface area contributed by atoms with Gasteiger partial charge in [0, 0.05) is 21.5 Å². The normalized spacial score (nSPS) is 21.9. The molecule has 110 valence electrons. The minimum Gasteiger partial charge on any atom is -0.325 e. The van der Waals surface area contributed by atoms with Gasteiger partial charge in [0.05, 0.1) is 6.54 Å². The van der Waals surface area contributed by atoms with Crippen molar-refractivity contribution in [1.29, 1.82) is 0 Å². The first kappa shape index (κ1) is 15.9. The number of benzene rings is 1. The number of halogens is 1. The van der Waals surface area contributed by atoms with E-state index in [1.54, 1.807) is 0 Å². The Morgan fingerprint density at radius 2 is 2.30 bits per heavy atom. The summed E-state index contributed by atoms with van der Waals surface area (Å²) in [6.07, 6.45) is 3.63. The molecule has 0 spiro atoms. The molecule has 2 atom stereocenters. The molecular weight excluding hydrogens is 336 g/mol. The molecule has 1 aromatic rings. The van der Waals surface area contributed by atoms with E-state index >= 15 is 0 Å². The number of thioether (sulfide) groups is 1. The monoisotopic (exact) mass is 356 g/mol. The highest BCUT2D eigenvalue weighted by Gasteiger charge is 2.24. The SMILES string of the molecule is CCSC1CCC(NCC(=O)Nc2cccc(Br)c2)C1. The largest absolute Gasteiger partial charge is 0.325 e. The van der Waals surface area contributed by atoms with E-state index in [0.717, 1.165) is 15.4 Å². The first-order valence-electron chi connectivity index (χ1n) is 7.07. The first-order valence-corrected chi connectivity index (χ1v) is 8.92. The number of rotatable bonds is 6. The lowest BCUT2D eigenvalue weighted by molar-refractivity contribution is -0.115. The third-order valence-electron chi connectivity index (χ3n) is 3.45. The Hall–Kier alpha value is -0.520. The number of hydrogen-bond donors (Lipinski definition) is 2. The van der Waals surface area contributed by atoms with Gasteiger partial charge in [-0.3, -0.25) is 4.79 Å². The van der Waals surface area contributed by atoms with E-state index in [9.17, 15) is 4.79 Å². The molecule has 1 fully saturated rings. The Morgan fingerprint density at radius 3 is 3.05 bits per heavy atom. The summed E-state index contributed by atoms with van der Waals surface area (Å²) >= 11 is 5.43. The lowest BCUT2D eigenvalue weighted by Crippen LogP contribution is -2.34. The molecule has 0 bridgehead atoms. The summed E-state index contributed by atoms with van der Waals surface area (Å²) in [6.45, 7) is 2.59. The van der Waals surface area contributed by atoms with Crippen molar-refractivity contribution in [2.75, 3.05) is 17.6 Å². The molecule has 1 amide bonds. The van der Waals surface area contributed by atoms with Crippen molar-refractivity contribution in [3.8, 4) is 0 Å². The van der Waals surface area contributed by atoms with Gasteiger partial charge in [-0.1, -0.05) is 28.9 Å². The van der Waals surface area contributed by atoms with E-state index in [1.807, 2.05) is 36.0 Å². The topological polar surface area (TPSA) is 41.1 Å². The summed E-state index contributed by atoms with van der Waals surface area (Å²) in [4.78, 5) is 11.9. The van der Waals surface area contributed by atoms with Crippen LogP contribution in [0.5, 0.6) is 0 Å². The van der Waals surface area contributed by atoms with E-state index in [1.165, 1.54) is 25.0 Å². The van der Waals surface area contributed by atoms with Gasteiger partial charge in [-0.15, -0.1) is 0 Å². The molecule has 0 aromatic heterocycles. The van der Waals surface area contributed by atoms with Crippen LogP contribution in [0.3, 0.4) is 0 Å². The van der Waals surface area contributed by atoms with Crippen LogP contribution in [0.25, 0.3) is 0 Å². The number of hydrogen-bond acceptors (Lipinski definition) is 3. The summed E-state index contributed by atoms with van der Waals surface area (Å²) in [7, 11) is 0. The van der Waals surface area contributed by atoms with Gasteiger partial charge < -0.3 is 10.6 Å². The Bertz CT molecular complexity index is 455. The summed E-state index contributed by atoms with van der Waals surface area (Å²) in [5, 5.41) is 7.04. The van der Waals surface area contributed by atoms with Crippen LogP contribution < -0.4 is 10.6 Å². The maximum Gasteiger partial charge on any atom is 0.238 e. The molecule has 5 heteroatoms. The highest BCUT2D eigenvalue weighted by atomic mass is 79.9. The zero-order valence-electron chi connectivity index (χ0n) is 11.7.